The Hall–Kier alpha value is -0.721. The molecule has 2 aromatic rings. The standard InChI is InChI=1S/C8H6O.Se/c1-2-4-8-7(3-1)5-6-9-8;/h1-6H;. The Labute approximate surface area is 69.5 Å². The van der Waals surface area contributed by atoms with Crippen molar-refractivity contribution in [2.45, 2.75) is 0 Å². The number of para-hydroxylation sites is 1. The van der Waals surface area contributed by atoms with Gasteiger partial charge < -0.3 is 4.42 Å². The number of furan rings is 1. The fourth-order valence-electron chi connectivity index (χ4n) is 0.906. The summed E-state index contributed by atoms with van der Waals surface area (Å²) in [5.41, 5.74) is 0.956. The maximum Gasteiger partial charge on any atom is 0.133 e. The fourth-order valence-corrected chi connectivity index (χ4v) is 0.906. The van der Waals surface area contributed by atoms with E-state index in [9.17, 15) is 0 Å². The Morgan fingerprint density at radius 2 is 1.80 bits per heavy atom. The molecule has 50 valence electrons. The molecule has 1 nitrogen and oxygen atoms in total. The smallest absolute Gasteiger partial charge is 0.133 e. The number of rotatable bonds is 0. The van der Waals surface area contributed by atoms with E-state index in [0.29, 0.717) is 0 Å². The Balaban J connectivity index is 0.000000500. The van der Waals surface area contributed by atoms with Gasteiger partial charge in [0.25, 0.3) is 0 Å². The molecule has 0 bridgehead atoms. The number of hydrogen-bond donors (Lipinski definition) is 0. The molecular formula is C8H6OSe. The van der Waals surface area contributed by atoms with E-state index in [0.717, 1.165) is 11.0 Å². The minimum absolute atomic E-state index is 0. The van der Waals surface area contributed by atoms with Crippen LogP contribution in [0.25, 0.3) is 11.0 Å². The molecule has 0 fully saturated rings. The summed E-state index contributed by atoms with van der Waals surface area (Å²) in [4.78, 5) is 0. The summed E-state index contributed by atoms with van der Waals surface area (Å²) in [6.45, 7) is 0. The molecule has 0 aliphatic carbocycles. The zero-order chi connectivity index (χ0) is 6.10. The van der Waals surface area contributed by atoms with Crippen molar-refractivity contribution in [2.24, 2.45) is 0 Å². The second-order valence-corrected chi connectivity index (χ2v) is 1.96. The van der Waals surface area contributed by atoms with Gasteiger partial charge in [0.1, 0.15) is 5.58 Å². The van der Waals surface area contributed by atoms with Gasteiger partial charge in [0, 0.05) is 22.5 Å². The average molecular weight is 197 g/mol. The molecule has 1 aromatic heterocycles. The molecule has 0 spiro atoms. The van der Waals surface area contributed by atoms with E-state index in [4.69, 9.17) is 4.42 Å². The van der Waals surface area contributed by atoms with Gasteiger partial charge in [-0.2, -0.15) is 0 Å². The maximum atomic E-state index is 5.12. The van der Waals surface area contributed by atoms with Gasteiger partial charge in [-0.3, -0.25) is 0 Å². The molecule has 2 rings (SSSR count). The van der Waals surface area contributed by atoms with E-state index in [1.807, 2.05) is 30.3 Å². The monoisotopic (exact) mass is 198 g/mol. The topological polar surface area (TPSA) is 13.1 Å². The van der Waals surface area contributed by atoms with Crippen LogP contribution in [0.4, 0.5) is 0 Å². The predicted molar refractivity (Wildman–Crippen MR) is 42.0 cm³/mol. The van der Waals surface area contributed by atoms with Gasteiger partial charge in [-0.25, -0.2) is 0 Å². The van der Waals surface area contributed by atoms with Crippen LogP contribution >= 0.6 is 0 Å². The van der Waals surface area contributed by atoms with E-state index in [2.05, 4.69) is 0 Å². The third-order valence-corrected chi connectivity index (χ3v) is 1.36. The maximum absolute atomic E-state index is 5.12. The van der Waals surface area contributed by atoms with E-state index in [1.165, 1.54) is 0 Å². The van der Waals surface area contributed by atoms with E-state index < -0.39 is 0 Å². The first-order chi connectivity index (χ1) is 4.47. The van der Waals surface area contributed by atoms with Crippen molar-refractivity contribution in [1.82, 2.24) is 0 Å². The summed E-state index contributed by atoms with van der Waals surface area (Å²) in [5.74, 6) is 0. The van der Waals surface area contributed by atoms with E-state index in [-0.39, 0.29) is 17.1 Å². The molecule has 0 N–H and O–H groups in total. The SMILES string of the molecule is [Se].c1ccc2occc2c1. The van der Waals surface area contributed by atoms with Gasteiger partial charge in [-0.1, -0.05) is 18.2 Å². The molecule has 0 unspecified atom stereocenters. The molecule has 2 radical (unpaired) electrons. The first-order valence-electron chi connectivity index (χ1n) is 2.89. The second kappa shape index (κ2) is 2.91. The molecular weight excluding hydrogens is 191 g/mol. The van der Waals surface area contributed by atoms with Crippen LogP contribution in [0.2, 0.25) is 0 Å². The van der Waals surface area contributed by atoms with Crippen LogP contribution in [0.15, 0.2) is 41.0 Å². The Bertz CT molecular complexity index is 283. The van der Waals surface area contributed by atoms with Gasteiger partial charge in [-0.05, 0) is 12.1 Å². The molecule has 10 heavy (non-hydrogen) atoms. The van der Waals surface area contributed by atoms with Crippen molar-refractivity contribution >= 4 is 28.0 Å². The molecule has 1 aromatic carbocycles. The van der Waals surface area contributed by atoms with Crippen molar-refractivity contribution in [3.63, 3.8) is 0 Å². The normalized spacial score (nSPS) is 9.20. The van der Waals surface area contributed by atoms with Crippen LogP contribution in [0.1, 0.15) is 0 Å². The first kappa shape index (κ1) is 7.39. The quantitative estimate of drug-likeness (QED) is 0.589. The van der Waals surface area contributed by atoms with Gasteiger partial charge >= 0.3 is 0 Å². The third kappa shape index (κ3) is 1.08. The van der Waals surface area contributed by atoms with Crippen LogP contribution in [0.5, 0.6) is 0 Å². The molecule has 0 aliphatic heterocycles. The molecule has 0 aliphatic rings. The van der Waals surface area contributed by atoms with Crippen molar-refractivity contribution in [2.75, 3.05) is 0 Å². The van der Waals surface area contributed by atoms with Crippen molar-refractivity contribution in [3.8, 4) is 0 Å². The Morgan fingerprint density at radius 1 is 1.00 bits per heavy atom. The third-order valence-electron chi connectivity index (χ3n) is 1.36. The molecule has 2 heteroatoms. The number of fused-ring (bicyclic) bond motifs is 1. The summed E-state index contributed by atoms with van der Waals surface area (Å²) in [7, 11) is 0. The van der Waals surface area contributed by atoms with Crippen LogP contribution in [0, 0.1) is 0 Å². The van der Waals surface area contributed by atoms with Crippen molar-refractivity contribution in [1.29, 1.82) is 0 Å². The predicted octanol–water partition coefficient (Wildman–Crippen LogP) is 2.05. The number of benzene rings is 1. The Morgan fingerprint density at radius 3 is 2.60 bits per heavy atom. The van der Waals surface area contributed by atoms with Crippen LogP contribution in [-0.2, 0) is 0 Å². The van der Waals surface area contributed by atoms with Crippen molar-refractivity contribution in [3.05, 3.63) is 36.6 Å². The fraction of sp³-hybridized carbons (Fsp3) is 0. The van der Waals surface area contributed by atoms with Gasteiger partial charge in [0.05, 0.1) is 6.26 Å². The minimum atomic E-state index is 0. The summed E-state index contributed by atoms with van der Waals surface area (Å²) < 4.78 is 5.12. The zero-order valence-corrected chi connectivity index (χ0v) is 6.99. The van der Waals surface area contributed by atoms with Crippen LogP contribution in [0.3, 0.4) is 0 Å². The van der Waals surface area contributed by atoms with Gasteiger partial charge in [0.2, 0.25) is 0 Å². The summed E-state index contributed by atoms with van der Waals surface area (Å²) >= 11 is 0. The van der Waals surface area contributed by atoms with Crippen molar-refractivity contribution < 1.29 is 4.42 Å². The first-order valence-corrected chi connectivity index (χ1v) is 2.89. The summed E-state index contributed by atoms with van der Waals surface area (Å²) in [5, 5.41) is 1.16. The van der Waals surface area contributed by atoms with E-state index in [1.54, 1.807) is 6.26 Å². The average Bonchev–Trinajstić information content (AvgIpc) is 2.33. The summed E-state index contributed by atoms with van der Waals surface area (Å²) in [6, 6.07) is 9.90. The van der Waals surface area contributed by atoms with Crippen LogP contribution in [-0.4, -0.2) is 17.1 Å². The number of hydrogen-bond acceptors (Lipinski definition) is 1. The van der Waals surface area contributed by atoms with Gasteiger partial charge in [-0.15, -0.1) is 0 Å². The zero-order valence-electron chi connectivity index (χ0n) is 5.28. The van der Waals surface area contributed by atoms with E-state index >= 15 is 0 Å². The molecule has 1 heterocycles. The molecule has 0 atom stereocenters. The van der Waals surface area contributed by atoms with Gasteiger partial charge in [0.15, 0.2) is 0 Å². The molecule has 0 amide bonds. The van der Waals surface area contributed by atoms with Crippen LogP contribution < -0.4 is 0 Å². The molecule has 0 saturated heterocycles. The second-order valence-electron chi connectivity index (χ2n) is 1.96. The minimum Gasteiger partial charge on any atom is -0.464 e. The molecule has 0 saturated carbocycles. The summed E-state index contributed by atoms with van der Waals surface area (Å²) in [6.07, 6.45) is 1.70. The Kier molecular flexibility index (Phi) is 2.15. The largest absolute Gasteiger partial charge is 0.464 e.